The van der Waals surface area contributed by atoms with Gasteiger partial charge in [-0.15, -0.1) is 0 Å². The molecule has 3 aromatic heterocycles. The first kappa shape index (κ1) is 71.2. The number of nitro groups is 6. The van der Waals surface area contributed by atoms with Gasteiger partial charge in [-0.05, 0) is 138 Å². The fraction of sp³-hybridized carbons (Fsp3) is 0.0506. The number of non-ortho nitro benzene ring substituents is 4. The highest BCUT2D eigenvalue weighted by atomic mass is 32.1. The minimum atomic E-state index is -0.640. The molecule has 0 fully saturated rings. The van der Waals surface area contributed by atoms with Crippen LogP contribution >= 0.6 is 22.7 Å². The van der Waals surface area contributed by atoms with Gasteiger partial charge >= 0.3 is 5.00 Å². The molecule has 0 bridgehead atoms. The van der Waals surface area contributed by atoms with Crippen LogP contribution in [-0.4, -0.2) is 34.5 Å². The van der Waals surface area contributed by atoms with E-state index >= 15 is 0 Å². The first-order valence-electron chi connectivity index (χ1n) is 30.9. The average Bonchev–Trinajstić information content (AvgIpc) is 0.934. The van der Waals surface area contributed by atoms with Gasteiger partial charge in [-0.25, -0.2) is 0 Å². The minimum Gasteiger partial charge on any atom is -0.264 e. The molecule has 0 aliphatic heterocycles. The topological polar surface area (TPSA) is 272 Å². The molecule has 14 aromatic rings. The van der Waals surface area contributed by atoms with E-state index in [-0.39, 0.29) is 53.1 Å². The Hall–Kier alpha value is -13.1. The number of rotatable bonds is 16. The molecule has 0 saturated heterocycles. The molecule has 0 N–H and O–H groups in total. The second kappa shape index (κ2) is 36.1. The monoisotopic (exact) mass is 1360 g/mol. The van der Waals surface area contributed by atoms with Crippen LogP contribution in [0.4, 0.5) is 33.4 Å². The second-order valence-electron chi connectivity index (χ2n) is 22.1. The molecular weight excluding hydrogens is 1300 g/mol. The lowest BCUT2D eigenvalue weighted by molar-refractivity contribution is -0.394. The van der Waals surface area contributed by atoms with Crippen LogP contribution in [0.1, 0.15) is 44.5 Å². The summed E-state index contributed by atoms with van der Waals surface area (Å²) in [4.78, 5) is 65.9. The van der Waals surface area contributed by atoms with Crippen molar-refractivity contribution in [2.24, 2.45) is 0 Å². The number of fused-ring (bicyclic) bond motifs is 2. The van der Waals surface area contributed by atoms with E-state index < -0.39 is 9.85 Å². The number of hydrogen-bond donors (Lipinski definition) is 0. The summed E-state index contributed by atoms with van der Waals surface area (Å²) in [5.74, 6) is 0. The molecule has 19 nitrogen and oxygen atoms in total. The van der Waals surface area contributed by atoms with E-state index in [2.05, 4.69) is 58.2 Å². The van der Waals surface area contributed by atoms with Gasteiger partial charge in [0.05, 0.1) is 41.0 Å². The molecule has 0 radical (unpaired) electrons. The number of nitro benzene ring substituents is 5. The predicted octanol–water partition coefficient (Wildman–Crippen LogP) is 21.1. The molecule has 0 saturated carbocycles. The first-order valence-corrected chi connectivity index (χ1v) is 32.7. The maximum Gasteiger partial charge on any atom is 0.324 e. The molecule has 496 valence electrons. The number of hydrogen-bond acceptors (Lipinski definition) is 15. The normalized spacial score (nSPS) is 10.2. The number of nitrogens with zero attached hydrogens (tertiary/aromatic N) is 7. The number of thiophene rings is 2. The van der Waals surface area contributed by atoms with Crippen molar-refractivity contribution in [3.63, 3.8) is 0 Å². The Balaban J connectivity index is 0.000000141. The molecule has 21 heteroatoms. The Morgan fingerprint density at radius 3 is 1.30 bits per heavy atom. The van der Waals surface area contributed by atoms with Crippen LogP contribution in [0, 0.1) is 60.7 Å². The van der Waals surface area contributed by atoms with Gasteiger partial charge < -0.3 is 0 Å². The Bertz CT molecular complexity index is 5020. The van der Waals surface area contributed by atoms with E-state index in [1.807, 2.05) is 188 Å². The Morgan fingerprint density at radius 2 is 0.770 bits per heavy atom. The minimum absolute atomic E-state index is 0.121. The average molecular weight is 1360 g/mol. The molecule has 14 rings (SSSR count). The molecule has 0 unspecified atom stereocenters. The van der Waals surface area contributed by atoms with E-state index in [0.717, 1.165) is 91.8 Å². The zero-order valence-corrected chi connectivity index (χ0v) is 54.9. The van der Waals surface area contributed by atoms with E-state index in [0.29, 0.717) is 17.4 Å². The molecule has 0 aliphatic carbocycles. The fourth-order valence-corrected chi connectivity index (χ4v) is 11.8. The zero-order chi connectivity index (χ0) is 70.6. The van der Waals surface area contributed by atoms with Crippen molar-refractivity contribution in [3.05, 3.63) is 425 Å². The van der Waals surface area contributed by atoms with Gasteiger partial charge in [-0.2, -0.15) is 11.3 Å². The second-order valence-corrected chi connectivity index (χ2v) is 23.7. The molecular formula is C79H61N7O12S2. The Morgan fingerprint density at radius 1 is 0.300 bits per heavy atom. The van der Waals surface area contributed by atoms with E-state index in [9.17, 15) is 60.7 Å². The maximum absolute atomic E-state index is 11.1. The van der Waals surface area contributed by atoms with Gasteiger partial charge in [0.2, 0.25) is 0 Å². The maximum atomic E-state index is 11.1. The lowest BCUT2D eigenvalue weighted by Crippen LogP contribution is -1.98. The Kier molecular flexibility index (Phi) is 25.7. The van der Waals surface area contributed by atoms with Crippen LogP contribution in [0.25, 0.3) is 43.8 Å². The van der Waals surface area contributed by atoms with Crippen LogP contribution < -0.4 is 0 Å². The molecule has 100 heavy (non-hydrogen) atoms. The third-order valence-electron chi connectivity index (χ3n) is 15.3. The summed E-state index contributed by atoms with van der Waals surface area (Å²) < 4.78 is 0. The summed E-state index contributed by atoms with van der Waals surface area (Å²) in [6.07, 6.45) is 6.30. The largest absolute Gasteiger partial charge is 0.324 e. The van der Waals surface area contributed by atoms with Crippen molar-refractivity contribution in [1.82, 2.24) is 4.98 Å². The van der Waals surface area contributed by atoms with Gasteiger partial charge in [0.15, 0.2) is 0 Å². The van der Waals surface area contributed by atoms with Crippen molar-refractivity contribution < 1.29 is 29.5 Å². The van der Waals surface area contributed by atoms with E-state index in [1.165, 1.54) is 46.5 Å². The van der Waals surface area contributed by atoms with Crippen LogP contribution in [0.5, 0.6) is 0 Å². The molecule has 11 aromatic carbocycles. The summed E-state index contributed by atoms with van der Waals surface area (Å²) in [5, 5.41) is 74.3. The summed E-state index contributed by atoms with van der Waals surface area (Å²) in [6.45, 7) is 0. The molecule has 0 aliphatic rings. The van der Waals surface area contributed by atoms with Gasteiger partial charge in [-0.3, -0.25) is 65.7 Å². The van der Waals surface area contributed by atoms with Crippen molar-refractivity contribution in [2.45, 2.75) is 25.7 Å². The van der Waals surface area contributed by atoms with E-state index in [1.54, 1.807) is 59.3 Å². The summed E-state index contributed by atoms with van der Waals surface area (Å²) >= 11 is 2.89. The molecule has 0 spiro atoms. The van der Waals surface area contributed by atoms with Crippen molar-refractivity contribution in [3.8, 4) is 22.3 Å². The third kappa shape index (κ3) is 20.9. The van der Waals surface area contributed by atoms with Crippen LogP contribution in [-0.2, 0) is 25.7 Å². The lowest BCUT2D eigenvalue weighted by atomic mass is 9.97. The number of benzene rings is 11. The van der Waals surface area contributed by atoms with Crippen molar-refractivity contribution >= 4 is 77.7 Å². The Labute approximate surface area is 581 Å². The third-order valence-corrected chi connectivity index (χ3v) is 16.9. The van der Waals surface area contributed by atoms with Gasteiger partial charge in [0.25, 0.3) is 28.4 Å². The fourth-order valence-electron chi connectivity index (χ4n) is 10.4. The van der Waals surface area contributed by atoms with Gasteiger partial charge in [0.1, 0.15) is 0 Å². The summed E-state index contributed by atoms with van der Waals surface area (Å²) in [7, 11) is 0. The van der Waals surface area contributed by atoms with E-state index in [4.69, 9.17) is 0 Å². The molecule has 3 heterocycles. The summed E-state index contributed by atoms with van der Waals surface area (Å²) in [6, 6.07) is 89.3. The number of aromatic nitrogens is 1. The van der Waals surface area contributed by atoms with Crippen LogP contribution in [0.15, 0.2) is 320 Å². The summed E-state index contributed by atoms with van der Waals surface area (Å²) in [5.41, 5.74) is 12.7. The van der Waals surface area contributed by atoms with Crippen LogP contribution in [0.2, 0.25) is 0 Å². The highest BCUT2D eigenvalue weighted by Crippen LogP contribution is 2.33. The van der Waals surface area contributed by atoms with Gasteiger partial charge in [-0.1, -0.05) is 224 Å². The van der Waals surface area contributed by atoms with Gasteiger partial charge in [0, 0.05) is 72.2 Å². The quantitative estimate of drug-likeness (QED) is 0.0644. The molecule has 0 atom stereocenters. The molecule has 0 amide bonds. The SMILES string of the molecule is O=[N+]([O-])c1cc(-c2ccccc2)cs1.O=[N+]([O-])c1ccc(Cc2ccccc2)c([N+](=O)[O-])c1.O=[N+]([O-])c1ccc(Cc2ccccc2)c2ccccc12.O=[N+]([O-])c1ccc(Cc2ccccc2)cc1.O=[N+]([O-])c1ccc2c(Cc3cccnc3)cccc2c1.c1ccc(-c2ccsc2)cc1. The highest BCUT2D eigenvalue weighted by Gasteiger charge is 2.20. The first-order chi connectivity index (χ1) is 48.6. The highest BCUT2D eigenvalue weighted by molar-refractivity contribution is 7.13. The van der Waals surface area contributed by atoms with Crippen LogP contribution in [0.3, 0.4) is 0 Å². The smallest absolute Gasteiger partial charge is 0.264 e. The zero-order valence-electron chi connectivity index (χ0n) is 53.3. The lowest BCUT2D eigenvalue weighted by Gasteiger charge is -2.07. The number of pyridine rings is 1. The van der Waals surface area contributed by atoms with Crippen molar-refractivity contribution in [2.75, 3.05) is 0 Å². The standard InChI is InChI=1S/C17H13NO2.C16H12N2O2.C13H10N2O4.C13H11NO2.C10H7NO2S.C10H8S/c19-18(20)17-11-10-14(12-13-6-2-1-3-7-13)15-8-4-5-9-16(15)17;19-18(20)15-6-7-16-13(4-1-5-14(16)10-15)9-12-3-2-8-17-11-12;16-14(17)12-7-6-11(13(9-12)15(18)19)8-10-4-2-1-3-5-10;15-14(16)13-8-6-12(7-9-13)10-11-4-2-1-3-5-11;12-11(13)10-6-9(7-14-10)8-4-2-1-3-5-8;1-2-4-9(5-3-1)10-6-7-11-8-10/h1-11H,12H2;1-8,10-11H,9H2;1-7,9H,8H2;1-9H,10H2;1-7H;1-8H. The van der Waals surface area contributed by atoms with Crippen molar-refractivity contribution in [1.29, 1.82) is 0 Å². The predicted molar refractivity (Wildman–Crippen MR) is 395 cm³/mol.